The van der Waals surface area contributed by atoms with E-state index in [1.54, 1.807) is 17.5 Å². The molecule has 2 rings (SSSR count). The average Bonchev–Trinajstić information content (AvgIpc) is 3.17. The maximum absolute atomic E-state index is 12.0. The van der Waals surface area contributed by atoms with Gasteiger partial charge in [0.2, 0.25) is 11.8 Å². The number of nitrogens with one attached hydrogen (secondary N) is 2. The van der Waals surface area contributed by atoms with E-state index in [9.17, 15) is 19.2 Å². The van der Waals surface area contributed by atoms with E-state index in [4.69, 9.17) is 4.74 Å². The number of para-hydroxylation sites is 1. The van der Waals surface area contributed by atoms with Crippen molar-refractivity contribution in [2.45, 2.75) is 6.92 Å². The zero-order valence-electron chi connectivity index (χ0n) is 15.9. The molecule has 0 spiro atoms. The van der Waals surface area contributed by atoms with Crippen molar-refractivity contribution in [3.63, 3.8) is 0 Å². The Hall–Kier alpha value is -3.53. The fraction of sp³-hybridized carbons (Fsp3) is 0.211. The van der Waals surface area contributed by atoms with Crippen molar-refractivity contribution in [3.8, 4) is 0 Å². The summed E-state index contributed by atoms with van der Waals surface area (Å²) in [5, 5.41) is 6.80. The number of thiazole rings is 1. The predicted octanol–water partition coefficient (Wildman–Crippen LogP) is 1.25. The Balaban J connectivity index is 1.92. The van der Waals surface area contributed by atoms with Crippen molar-refractivity contribution in [3.05, 3.63) is 47.5 Å². The van der Waals surface area contributed by atoms with E-state index in [1.165, 1.54) is 36.3 Å². The van der Waals surface area contributed by atoms with Crippen molar-refractivity contribution in [2.24, 2.45) is 0 Å². The van der Waals surface area contributed by atoms with E-state index in [1.807, 2.05) is 18.2 Å². The molecular formula is C19H20N4O5S. The lowest BCUT2D eigenvalue weighted by atomic mass is 10.3. The summed E-state index contributed by atoms with van der Waals surface area (Å²) in [5.41, 5.74) is 1.15. The molecule has 0 aliphatic rings. The van der Waals surface area contributed by atoms with Gasteiger partial charge in [-0.2, -0.15) is 0 Å². The largest absolute Gasteiger partial charge is 0.452 e. The summed E-state index contributed by atoms with van der Waals surface area (Å²) in [6.45, 7) is 0.740. The Morgan fingerprint density at radius 1 is 1.17 bits per heavy atom. The minimum absolute atomic E-state index is 0.191. The van der Waals surface area contributed by atoms with Gasteiger partial charge in [0.25, 0.3) is 5.91 Å². The predicted molar refractivity (Wildman–Crippen MR) is 108 cm³/mol. The van der Waals surface area contributed by atoms with Crippen LogP contribution >= 0.6 is 11.3 Å². The maximum Gasteiger partial charge on any atom is 0.331 e. The van der Waals surface area contributed by atoms with Gasteiger partial charge in [-0.3, -0.25) is 19.3 Å². The van der Waals surface area contributed by atoms with Crippen molar-refractivity contribution in [1.82, 2.24) is 15.6 Å². The summed E-state index contributed by atoms with van der Waals surface area (Å²) in [6.07, 6.45) is 2.56. The monoisotopic (exact) mass is 416 g/mol. The molecule has 9 nitrogen and oxygen atoms in total. The molecule has 0 aliphatic heterocycles. The quantitative estimate of drug-likeness (QED) is 0.494. The number of hydrogen-bond donors (Lipinski definition) is 2. The van der Waals surface area contributed by atoms with Crippen LogP contribution in [0.3, 0.4) is 0 Å². The molecule has 10 heteroatoms. The maximum atomic E-state index is 12.0. The molecule has 0 atom stereocenters. The molecule has 1 heterocycles. The molecule has 3 amide bonds. The van der Waals surface area contributed by atoms with Crippen LogP contribution in [0.4, 0.5) is 10.8 Å². The second-order valence-corrected chi connectivity index (χ2v) is 6.47. The third-order valence-electron chi connectivity index (χ3n) is 3.49. The van der Waals surface area contributed by atoms with Gasteiger partial charge >= 0.3 is 5.97 Å². The lowest BCUT2D eigenvalue weighted by molar-refractivity contribution is -0.143. The fourth-order valence-electron chi connectivity index (χ4n) is 2.12. The van der Waals surface area contributed by atoms with Gasteiger partial charge in [0.1, 0.15) is 0 Å². The van der Waals surface area contributed by atoms with Crippen molar-refractivity contribution in [2.75, 3.05) is 25.1 Å². The van der Waals surface area contributed by atoms with E-state index in [0.29, 0.717) is 16.5 Å². The van der Waals surface area contributed by atoms with Crippen molar-refractivity contribution >= 4 is 51.9 Å². The molecule has 2 N–H and O–H groups in total. The standard InChI is InChI=1S/C19H20N4O5S/c1-13(24)23(15-6-4-3-5-7-15)19-22-14(12-29-19)8-9-18(27)28-11-17(26)21-10-16(25)20-2/h3-9,12H,10-11H2,1-2H3,(H,20,25)(H,21,26)/b9-8+. The van der Waals surface area contributed by atoms with Crippen LogP contribution in [0.5, 0.6) is 0 Å². The number of amides is 3. The molecule has 0 saturated heterocycles. The molecule has 0 aliphatic carbocycles. The van der Waals surface area contributed by atoms with E-state index in [0.717, 1.165) is 6.08 Å². The highest BCUT2D eigenvalue weighted by atomic mass is 32.1. The van der Waals surface area contributed by atoms with E-state index < -0.39 is 18.5 Å². The first-order valence-electron chi connectivity index (χ1n) is 8.54. The van der Waals surface area contributed by atoms with Crippen LogP contribution in [0, 0.1) is 0 Å². The summed E-state index contributed by atoms with van der Waals surface area (Å²) in [7, 11) is 1.44. The first kappa shape index (κ1) is 21.8. The normalized spacial score (nSPS) is 10.4. The van der Waals surface area contributed by atoms with Crippen LogP contribution in [0.15, 0.2) is 41.8 Å². The average molecular weight is 416 g/mol. The summed E-state index contributed by atoms with van der Waals surface area (Å²) in [4.78, 5) is 52.1. The van der Waals surface area contributed by atoms with Crippen LogP contribution in [-0.2, 0) is 23.9 Å². The van der Waals surface area contributed by atoms with Crippen molar-refractivity contribution < 1.29 is 23.9 Å². The molecular weight excluding hydrogens is 396 g/mol. The number of aromatic nitrogens is 1. The molecule has 0 saturated carbocycles. The number of anilines is 2. The van der Waals surface area contributed by atoms with Crippen LogP contribution in [0.1, 0.15) is 12.6 Å². The van der Waals surface area contributed by atoms with Crippen LogP contribution in [-0.4, -0.2) is 48.9 Å². The van der Waals surface area contributed by atoms with E-state index in [-0.39, 0.29) is 18.4 Å². The van der Waals surface area contributed by atoms with Gasteiger partial charge < -0.3 is 15.4 Å². The Kier molecular flexibility index (Phi) is 8.04. The third kappa shape index (κ3) is 6.85. The fourth-order valence-corrected chi connectivity index (χ4v) is 2.97. The summed E-state index contributed by atoms with van der Waals surface area (Å²) >= 11 is 1.25. The third-order valence-corrected chi connectivity index (χ3v) is 4.34. The van der Waals surface area contributed by atoms with Crippen molar-refractivity contribution in [1.29, 1.82) is 0 Å². The number of rotatable bonds is 8. The Labute approximate surface area is 171 Å². The highest BCUT2D eigenvalue weighted by Gasteiger charge is 2.17. The van der Waals surface area contributed by atoms with Crippen LogP contribution < -0.4 is 15.5 Å². The van der Waals surface area contributed by atoms with Gasteiger partial charge in [0, 0.05) is 25.4 Å². The number of esters is 1. The highest BCUT2D eigenvalue weighted by molar-refractivity contribution is 7.14. The van der Waals surface area contributed by atoms with Gasteiger partial charge in [-0.15, -0.1) is 11.3 Å². The number of hydrogen-bond acceptors (Lipinski definition) is 7. The SMILES string of the molecule is CNC(=O)CNC(=O)COC(=O)/C=C/c1csc(N(C(C)=O)c2ccccc2)n1. The summed E-state index contributed by atoms with van der Waals surface area (Å²) in [6, 6.07) is 9.08. The lowest BCUT2D eigenvalue weighted by Gasteiger charge is -2.17. The number of nitrogens with zero attached hydrogens (tertiary/aromatic N) is 2. The second kappa shape index (κ2) is 10.7. The Bertz CT molecular complexity index is 910. The molecule has 1 aromatic carbocycles. The minimum Gasteiger partial charge on any atom is -0.452 e. The first-order valence-corrected chi connectivity index (χ1v) is 9.42. The molecule has 0 unspecified atom stereocenters. The van der Waals surface area contributed by atoms with Gasteiger partial charge in [-0.05, 0) is 18.2 Å². The molecule has 0 bridgehead atoms. The highest BCUT2D eigenvalue weighted by Crippen LogP contribution is 2.28. The second-order valence-electron chi connectivity index (χ2n) is 5.64. The number of ether oxygens (including phenoxy) is 1. The molecule has 29 heavy (non-hydrogen) atoms. The number of likely N-dealkylation sites (N-methyl/N-ethyl adjacent to an activating group) is 1. The van der Waals surface area contributed by atoms with E-state index >= 15 is 0 Å². The van der Waals surface area contributed by atoms with Gasteiger partial charge in [0.05, 0.1) is 17.9 Å². The zero-order valence-corrected chi connectivity index (χ0v) is 16.7. The smallest absolute Gasteiger partial charge is 0.331 e. The minimum atomic E-state index is -0.735. The van der Waals surface area contributed by atoms with Crippen LogP contribution in [0.25, 0.3) is 6.08 Å². The molecule has 0 radical (unpaired) electrons. The van der Waals surface area contributed by atoms with Gasteiger partial charge in [0.15, 0.2) is 11.7 Å². The molecule has 152 valence electrons. The zero-order chi connectivity index (χ0) is 21.2. The Morgan fingerprint density at radius 3 is 2.55 bits per heavy atom. The summed E-state index contributed by atoms with van der Waals surface area (Å²) in [5.74, 6) is -1.88. The lowest BCUT2D eigenvalue weighted by Crippen LogP contribution is -2.37. The summed E-state index contributed by atoms with van der Waals surface area (Å²) < 4.78 is 4.79. The Morgan fingerprint density at radius 2 is 1.90 bits per heavy atom. The van der Waals surface area contributed by atoms with E-state index in [2.05, 4.69) is 15.6 Å². The topological polar surface area (TPSA) is 118 Å². The van der Waals surface area contributed by atoms with Gasteiger partial charge in [-0.25, -0.2) is 9.78 Å². The number of benzene rings is 1. The first-order chi connectivity index (χ1) is 13.9. The van der Waals surface area contributed by atoms with Gasteiger partial charge in [-0.1, -0.05) is 18.2 Å². The molecule has 1 aromatic heterocycles. The number of carbonyl (C=O) groups excluding carboxylic acids is 4. The molecule has 2 aromatic rings. The van der Waals surface area contributed by atoms with Crippen LogP contribution in [0.2, 0.25) is 0 Å². The molecule has 0 fully saturated rings. The number of carbonyl (C=O) groups is 4.